The lowest BCUT2D eigenvalue weighted by Gasteiger charge is -2.51. The van der Waals surface area contributed by atoms with Crippen molar-refractivity contribution in [3.8, 4) is 0 Å². The molecule has 0 unspecified atom stereocenters. The van der Waals surface area contributed by atoms with Crippen molar-refractivity contribution in [1.29, 1.82) is 0 Å². The lowest BCUT2D eigenvalue weighted by molar-refractivity contribution is 3.25. The van der Waals surface area contributed by atoms with Crippen LogP contribution < -0.4 is 0 Å². The Hall–Kier alpha value is 2.01. The van der Waals surface area contributed by atoms with Gasteiger partial charge in [-0.1, -0.05) is 0 Å². The van der Waals surface area contributed by atoms with Crippen LogP contribution in [-0.2, 0) is 0 Å². The van der Waals surface area contributed by atoms with Gasteiger partial charge in [-0.2, -0.15) is 0 Å². The Morgan fingerprint density at radius 1 is 0.323 bits per heavy atom. The lowest BCUT2D eigenvalue weighted by atomic mass is 8.31. The Labute approximate surface area is 219 Å². The molecular formula is B31-. The molecule has 0 atom stereocenters. The number of rotatable bonds is 14. The molecule has 0 amide bonds. The maximum Gasteiger partial charge on any atom is -0.0000000000000853 e. The first kappa shape index (κ1) is 33.0. The molecule has 0 bridgehead atoms. The second-order valence-electron chi connectivity index (χ2n) is 8.28. The van der Waals surface area contributed by atoms with E-state index in [2.05, 4.69) is 0 Å². The van der Waals surface area contributed by atoms with Crippen LogP contribution in [0.25, 0.3) is 0 Å². The van der Waals surface area contributed by atoms with Crippen molar-refractivity contribution in [2.45, 2.75) is 0 Å². The normalized spacial score (nSPS) is 9.45. The molecule has 34 radical (unpaired) electrons. The summed E-state index contributed by atoms with van der Waals surface area (Å²) in [4.78, 5) is 0. The van der Waals surface area contributed by atoms with Crippen LogP contribution in [0.1, 0.15) is 0 Å². The van der Waals surface area contributed by atoms with Crippen molar-refractivity contribution in [3.63, 3.8) is 0 Å². The maximum atomic E-state index is 6.25. The molecule has 0 saturated heterocycles. The molecule has 0 aliphatic rings. The fourth-order valence-corrected chi connectivity index (χ4v) is 4.75. The predicted octanol–water partition coefficient (Wildman–Crippen LogP) is -11.8. The van der Waals surface area contributed by atoms with Crippen molar-refractivity contribution >= 4 is 220 Å². The molecule has 0 aromatic carbocycles. The molecule has 0 aliphatic heterocycles. The van der Waals surface area contributed by atoms with Crippen molar-refractivity contribution in [2.24, 2.45) is 0 Å². The Balaban J connectivity index is 7.23. The molecule has 0 fully saturated rings. The van der Waals surface area contributed by atoms with E-state index in [1.807, 2.05) is 0 Å². The highest BCUT2D eigenvalue weighted by atomic mass is 13.3. The minimum Gasteiger partial charge on any atom is -0.690 e. The molecular weight excluding hydrogens is 335 g/mol. The van der Waals surface area contributed by atoms with Crippen LogP contribution in [0, 0.1) is 0 Å². The molecule has 0 rings (SSSR count). The molecule has 0 spiro atoms. The topological polar surface area (TPSA) is 0 Å². The van der Waals surface area contributed by atoms with Crippen molar-refractivity contribution < 1.29 is 0 Å². The fourth-order valence-electron chi connectivity index (χ4n) is 4.75. The molecule has 0 N–H and O–H groups in total. The van der Waals surface area contributed by atoms with E-state index in [0.29, 0.717) is 0 Å². The van der Waals surface area contributed by atoms with Crippen molar-refractivity contribution in [3.05, 3.63) is 0 Å². The summed E-state index contributed by atoms with van der Waals surface area (Å²) in [6.07, 6.45) is -13.4. The zero-order valence-corrected chi connectivity index (χ0v) is 17.9. The molecule has 0 heterocycles. The van der Waals surface area contributed by atoms with E-state index in [-0.39, 0.29) is 0 Å². The molecule has 31 heavy (non-hydrogen) atoms. The summed E-state index contributed by atoms with van der Waals surface area (Å²) in [5.41, 5.74) is 0. The van der Waals surface area contributed by atoms with Gasteiger partial charge in [0.2, 0.25) is 0 Å². The Morgan fingerprint density at radius 3 is 0.677 bits per heavy atom. The monoisotopic (exact) mass is 341 g/mol. The van der Waals surface area contributed by atoms with E-state index in [1.54, 1.807) is 0 Å². The SMILES string of the molecule is [B]B([B])B(B([B])[B])B(B(B([B])[B])B([B])[B])B(B(B([B])[B])B([B])[B])B(B([B])[B])B([B])[B][B-]. The first-order valence-electron chi connectivity index (χ1n) is 10.0. The van der Waals surface area contributed by atoms with Gasteiger partial charge in [0.25, 0.3) is 0 Å². The van der Waals surface area contributed by atoms with Gasteiger partial charge < -0.3 is 7.74 Å². The van der Waals surface area contributed by atoms with Crippen LogP contribution in [0.15, 0.2) is 0 Å². The highest BCUT2D eigenvalue weighted by molar-refractivity contribution is 8.28. The predicted molar refractivity (Wildman–Crippen MR) is 178 cm³/mol. The summed E-state index contributed by atoms with van der Waals surface area (Å²) in [7, 11) is 98.1. The highest BCUT2D eigenvalue weighted by Gasteiger charge is 2.52. The summed E-state index contributed by atoms with van der Waals surface area (Å²) in [6, 6.07) is 0. The Kier molecular flexibility index (Phi) is 16.2. The largest absolute Gasteiger partial charge is 0.690 e. The van der Waals surface area contributed by atoms with Crippen LogP contribution in [-0.4, -0.2) is 220 Å². The smallest absolute Gasteiger partial charge is 0.0000000000000853 e. The standard InChI is InChI=1S/B31/c1-17-25(16)29(24(14)15)31(28(22(10)11)23(12)13)30(26(18(2)3)19(4)5)27(20(6)7)21(8)9/q-1. The third-order valence-corrected chi connectivity index (χ3v) is 6.00. The maximum absolute atomic E-state index is 6.25. The first-order chi connectivity index (χ1) is 14.1. The molecule has 0 nitrogen and oxygen atoms in total. The summed E-state index contributed by atoms with van der Waals surface area (Å²) in [5, 5.41) is 0. The van der Waals surface area contributed by atoms with E-state index >= 15 is 0 Å². The summed E-state index contributed by atoms with van der Waals surface area (Å²) >= 11 is 0. The summed E-state index contributed by atoms with van der Waals surface area (Å²) in [6.45, 7) is 0. The zero-order valence-electron chi connectivity index (χ0n) is 17.9. The van der Waals surface area contributed by atoms with Gasteiger partial charge in [-0.05, 0) is 205 Å². The molecule has 0 aromatic rings. The van der Waals surface area contributed by atoms with Crippen molar-refractivity contribution in [1.82, 2.24) is 0 Å². The second-order valence-corrected chi connectivity index (χ2v) is 8.28. The van der Waals surface area contributed by atoms with Crippen LogP contribution in [0.5, 0.6) is 0 Å². The average molecular weight is 335 g/mol. The first-order valence-corrected chi connectivity index (χ1v) is 10.0. The van der Waals surface area contributed by atoms with Gasteiger partial charge >= 0.3 is 0 Å². The van der Waals surface area contributed by atoms with E-state index in [1.165, 1.54) is 7.06 Å². The van der Waals surface area contributed by atoms with Crippen LogP contribution in [0.3, 0.4) is 0 Å². The van der Waals surface area contributed by atoms with Gasteiger partial charge in [0.15, 0.2) is 0 Å². The van der Waals surface area contributed by atoms with E-state index in [9.17, 15) is 0 Å². The van der Waals surface area contributed by atoms with E-state index in [0.717, 1.165) is 0 Å². The third kappa shape index (κ3) is 9.19. The highest BCUT2D eigenvalue weighted by Crippen LogP contribution is 2.14. The van der Waals surface area contributed by atoms with Crippen LogP contribution in [0.4, 0.5) is 0 Å². The van der Waals surface area contributed by atoms with Gasteiger partial charge in [0.1, 0.15) is 0 Å². The fraction of sp³-hybridized carbons (Fsp3) is 0. The van der Waals surface area contributed by atoms with Gasteiger partial charge in [-0.15, -0.1) is 0 Å². The lowest BCUT2D eigenvalue weighted by Crippen LogP contribution is -2.89. The number of hydrogen-bond donors (Lipinski definition) is 0. The Morgan fingerprint density at radius 2 is 0.516 bits per heavy atom. The second kappa shape index (κ2) is 15.2. The van der Waals surface area contributed by atoms with E-state index < -0.39 is 89.4 Å². The van der Waals surface area contributed by atoms with Crippen molar-refractivity contribution in [2.75, 3.05) is 0 Å². The van der Waals surface area contributed by atoms with Gasteiger partial charge in [-0.3, -0.25) is 7.06 Å². The van der Waals surface area contributed by atoms with Gasteiger partial charge in [-0.25, -0.2) is 0 Å². The molecule has 31 heteroatoms. The molecule has 0 saturated carbocycles. The summed E-state index contributed by atoms with van der Waals surface area (Å²) < 4.78 is 0. The number of hydrogen-bond acceptors (Lipinski definition) is 0. The molecule has 0 aromatic heterocycles. The minimum atomic E-state index is -1.07. The quantitative estimate of drug-likeness (QED) is 0.277. The van der Waals surface area contributed by atoms with Crippen LogP contribution >= 0.6 is 0 Å². The van der Waals surface area contributed by atoms with Gasteiger partial charge in [0, 0.05) is 0 Å². The van der Waals surface area contributed by atoms with Crippen LogP contribution in [0.2, 0.25) is 0 Å². The zero-order chi connectivity index (χ0) is 24.8. The molecule has 0 aliphatic carbocycles. The van der Waals surface area contributed by atoms with E-state index in [4.69, 9.17) is 124 Å². The Bertz CT molecular complexity index is 409. The summed E-state index contributed by atoms with van der Waals surface area (Å²) in [5.74, 6) is 0. The third-order valence-electron chi connectivity index (χ3n) is 6.00. The minimum absolute atomic E-state index is 0.816. The average Bonchev–Trinajstić information content (AvgIpc) is 2.57. The van der Waals surface area contributed by atoms with Gasteiger partial charge in [0.05, 0.1) is 0 Å². The molecule has 94 valence electrons.